The molecule has 4 nitrogen and oxygen atoms in total. The van der Waals surface area contributed by atoms with E-state index in [0.29, 0.717) is 12.8 Å². The second-order valence-corrected chi connectivity index (χ2v) is 5.40. The molecule has 1 aromatic rings. The van der Waals surface area contributed by atoms with E-state index in [4.69, 9.17) is 10.5 Å². The summed E-state index contributed by atoms with van der Waals surface area (Å²) >= 11 is 0. The van der Waals surface area contributed by atoms with Crippen molar-refractivity contribution in [3.63, 3.8) is 0 Å². The van der Waals surface area contributed by atoms with E-state index in [-0.39, 0.29) is 36.1 Å². The molecule has 0 aromatic heterocycles. The Bertz CT molecular complexity index is 510. The van der Waals surface area contributed by atoms with Crippen molar-refractivity contribution in [1.82, 2.24) is 5.32 Å². The van der Waals surface area contributed by atoms with Crippen LogP contribution in [0.5, 0.6) is 0 Å². The van der Waals surface area contributed by atoms with Crippen molar-refractivity contribution in [2.75, 3.05) is 7.11 Å². The Morgan fingerprint density at radius 3 is 2.86 bits per heavy atom. The van der Waals surface area contributed by atoms with Gasteiger partial charge in [0, 0.05) is 37.2 Å². The maximum atomic E-state index is 13.5. The molecule has 116 valence electrons. The van der Waals surface area contributed by atoms with Gasteiger partial charge in [0.2, 0.25) is 5.91 Å². The Hall–Kier alpha value is -1.53. The molecule has 2 rings (SSSR count). The Morgan fingerprint density at radius 1 is 1.43 bits per heavy atom. The van der Waals surface area contributed by atoms with Gasteiger partial charge in [-0.1, -0.05) is 6.07 Å². The lowest BCUT2D eigenvalue weighted by Gasteiger charge is -2.32. The summed E-state index contributed by atoms with van der Waals surface area (Å²) in [6, 6.07) is 3.26. The zero-order valence-electron chi connectivity index (χ0n) is 11.9. The van der Waals surface area contributed by atoms with Gasteiger partial charge in [0.25, 0.3) is 0 Å². The summed E-state index contributed by atoms with van der Waals surface area (Å²) in [5, 5.41) is 2.69. The summed E-state index contributed by atoms with van der Waals surface area (Å²) in [4.78, 5) is 12.1. The first-order valence-electron chi connectivity index (χ1n) is 7.01. The van der Waals surface area contributed by atoms with E-state index >= 15 is 0 Å². The fraction of sp³-hybridized carbons (Fsp3) is 0.533. The van der Waals surface area contributed by atoms with E-state index in [1.165, 1.54) is 12.1 Å². The first-order chi connectivity index (χ1) is 10.0. The fourth-order valence-electron chi connectivity index (χ4n) is 2.65. The van der Waals surface area contributed by atoms with Crippen LogP contribution in [0, 0.1) is 17.6 Å². The average Bonchev–Trinajstić information content (AvgIpc) is 2.46. The molecular formula is C15H20F2N2O2. The molecule has 1 aliphatic carbocycles. The molecule has 1 saturated carbocycles. The minimum absolute atomic E-state index is 0.0468. The topological polar surface area (TPSA) is 64.3 Å². The van der Waals surface area contributed by atoms with Crippen molar-refractivity contribution in [3.05, 3.63) is 35.4 Å². The van der Waals surface area contributed by atoms with Crippen LogP contribution in [0.4, 0.5) is 8.78 Å². The lowest BCUT2D eigenvalue weighted by molar-refractivity contribution is -0.128. The molecule has 1 aromatic carbocycles. The van der Waals surface area contributed by atoms with Crippen molar-refractivity contribution in [1.29, 1.82) is 0 Å². The summed E-state index contributed by atoms with van der Waals surface area (Å²) in [6.07, 6.45) is 1.85. The van der Waals surface area contributed by atoms with Crippen LogP contribution in [0.2, 0.25) is 0 Å². The molecule has 0 saturated heterocycles. The molecule has 1 amide bonds. The van der Waals surface area contributed by atoms with Gasteiger partial charge >= 0.3 is 0 Å². The number of nitrogens with two attached hydrogens (primary N) is 1. The van der Waals surface area contributed by atoms with Gasteiger partial charge in [0.15, 0.2) is 0 Å². The standard InChI is InChI=1S/C15H20F2N2O2/c1-21-14-6-9(3-5-13(14)18)15(20)19-8-10-2-4-11(16)7-12(10)17/h2,4,7,9,13-14H,3,5-6,8,18H2,1H3,(H,19,20)/t9-,13+,14+/m0/s1. The molecule has 1 fully saturated rings. The number of halogens is 2. The number of carbonyl (C=O) groups is 1. The van der Waals surface area contributed by atoms with E-state index in [2.05, 4.69) is 5.32 Å². The van der Waals surface area contributed by atoms with Crippen LogP contribution in [0.15, 0.2) is 18.2 Å². The van der Waals surface area contributed by atoms with Crippen LogP contribution in [0.3, 0.4) is 0 Å². The number of benzene rings is 1. The molecular weight excluding hydrogens is 278 g/mol. The highest BCUT2D eigenvalue weighted by atomic mass is 19.1. The van der Waals surface area contributed by atoms with E-state index < -0.39 is 11.6 Å². The third kappa shape index (κ3) is 3.98. The second kappa shape index (κ2) is 6.95. The summed E-state index contributed by atoms with van der Waals surface area (Å²) in [5.41, 5.74) is 6.17. The highest BCUT2D eigenvalue weighted by Gasteiger charge is 2.31. The molecule has 0 heterocycles. The van der Waals surface area contributed by atoms with Gasteiger partial charge in [-0.3, -0.25) is 4.79 Å². The molecule has 1 aliphatic rings. The van der Waals surface area contributed by atoms with Crippen molar-refractivity contribution in [2.45, 2.75) is 38.0 Å². The van der Waals surface area contributed by atoms with Crippen LogP contribution in [-0.4, -0.2) is 25.2 Å². The number of hydrogen-bond donors (Lipinski definition) is 2. The summed E-state index contributed by atoms with van der Waals surface area (Å²) in [5.74, 6) is -1.62. The van der Waals surface area contributed by atoms with Crippen LogP contribution >= 0.6 is 0 Å². The third-order valence-corrected chi connectivity index (χ3v) is 3.98. The first-order valence-corrected chi connectivity index (χ1v) is 7.01. The largest absolute Gasteiger partial charge is 0.380 e. The van der Waals surface area contributed by atoms with Crippen LogP contribution in [0.25, 0.3) is 0 Å². The van der Waals surface area contributed by atoms with Crippen LogP contribution < -0.4 is 11.1 Å². The molecule has 6 heteroatoms. The lowest BCUT2D eigenvalue weighted by atomic mass is 9.83. The van der Waals surface area contributed by atoms with Gasteiger partial charge in [0.05, 0.1) is 6.10 Å². The van der Waals surface area contributed by atoms with Crippen molar-refractivity contribution >= 4 is 5.91 Å². The molecule has 21 heavy (non-hydrogen) atoms. The van der Waals surface area contributed by atoms with Crippen molar-refractivity contribution < 1.29 is 18.3 Å². The normalized spacial score (nSPS) is 25.6. The monoisotopic (exact) mass is 298 g/mol. The average molecular weight is 298 g/mol. The van der Waals surface area contributed by atoms with Gasteiger partial charge in [-0.05, 0) is 25.3 Å². The molecule has 0 bridgehead atoms. The predicted octanol–water partition coefficient (Wildman–Crippen LogP) is 1.72. The SMILES string of the molecule is CO[C@@H]1C[C@@H](C(=O)NCc2ccc(F)cc2F)CC[C@H]1N. The lowest BCUT2D eigenvalue weighted by Crippen LogP contribution is -2.45. The van der Waals surface area contributed by atoms with Gasteiger partial charge < -0.3 is 15.8 Å². The van der Waals surface area contributed by atoms with E-state index in [1.807, 2.05) is 0 Å². The minimum atomic E-state index is -0.657. The molecule has 3 N–H and O–H groups in total. The van der Waals surface area contributed by atoms with E-state index in [1.54, 1.807) is 7.11 Å². The number of methoxy groups -OCH3 is 1. The Balaban J connectivity index is 1.90. The van der Waals surface area contributed by atoms with Crippen molar-refractivity contribution in [3.8, 4) is 0 Å². The van der Waals surface area contributed by atoms with E-state index in [9.17, 15) is 13.6 Å². The zero-order chi connectivity index (χ0) is 15.4. The highest BCUT2D eigenvalue weighted by Crippen LogP contribution is 2.25. The molecule has 0 spiro atoms. The van der Waals surface area contributed by atoms with Crippen LogP contribution in [-0.2, 0) is 16.1 Å². The van der Waals surface area contributed by atoms with Crippen LogP contribution in [0.1, 0.15) is 24.8 Å². The zero-order valence-corrected chi connectivity index (χ0v) is 11.9. The summed E-state index contributed by atoms with van der Waals surface area (Å²) in [6.45, 7) is 0.0468. The highest BCUT2D eigenvalue weighted by molar-refractivity contribution is 5.78. The molecule has 0 aliphatic heterocycles. The molecule has 0 unspecified atom stereocenters. The van der Waals surface area contributed by atoms with Gasteiger partial charge in [-0.2, -0.15) is 0 Å². The second-order valence-electron chi connectivity index (χ2n) is 5.40. The number of hydrogen-bond acceptors (Lipinski definition) is 3. The summed E-state index contributed by atoms with van der Waals surface area (Å²) in [7, 11) is 1.58. The quantitative estimate of drug-likeness (QED) is 0.889. The van der Waals surface area contributed by atoms with Crippen molar-refractivity contribution in [2.24, 2.45) is 11.7 Å². The predicted molar refractivity (Wildman–Crippen MR) is 74.3 cm³/mol. The smallest absolute Gasteiger partial charge is 0.223 e. The first kappa shape index (κ1) is 15.9. The maximum Gasteiger partial charge on any atom is 0.223 e. The number of nitrogens with one attached hydrogen (secondary N) is 1. The van der Waals surface area contributed by atoms with Gasteiger partial charge in [0.1, 0.15) is 11.6 Å². The summed E-state index contributed by atoms with van der Waals surface area (Å²) < 4.78 is 31.6. The Labute approximate surface area is 122 Å². The fourth-order valence-corrected chi connectivity index (χ4v) is 2.65. The Kier molecular flexibility index (Phi) is 5.25. The number of carbonyl (C=O) groups excluding carboxylic acids is 1. The number of ether oxygens (including phenoxy) is 1. The number of amides is 1. The Morgan fingerprint density at radius 2 is 2.19 bits per heavy atom. The maximum absolute atomic E-state index is 13.5. The minimum Gasteiger partial charge on any atom is -0.380 e. The third-order valence-electron chi connectivity index (χ3n) is 3.98. The van der Waals surface area contributed by atoms with Gasteiger partial charge in [-0.15, -0.1) is 0 Å². The number of rotatable bonds is 4. The molecule has 3 atom stereocenters. The van der Waals surface area contributed by atoms with E-state index in [0.717, 1.165) is 12.5 Å². The van der Waals surface area contributed by atoms with Gasteiger partial charge in [-0.25, -0.2) is 8.78 Å². The molecule has 0 radical (unpaired) electrons.